The van der Waals surface area contributed by atoms with Crippen LogP contribution in [0.15, 0.2) is 42.5 Å². The summed E-state index contributed by atoms with van der Waals surface area (Å²) in [6.45, 7) is -0.354. The quantitative estimate of drug-likeness (QED) is 0.557. The molecule has 0 heterocycles. The van der Waals surface area contributed by atoms with Crippen molar-refractivity contribution in [1.29, 1.82) is 0 Å². The molecular formula is C18H17F3N2O4. The summed E-state index contributed by atoms with van der Waals surface area (Å²) in [5.41, 5.74) is 0.383. The highest BCUT2D eigenvalue weighted by molar-refractivity contribution is 5.94. The molecule has 0 N–H and O–H groups in total. The number of halogens is 3. The van der Waals surface area contributed by atoms with E-state index in [-0.39, 0.29) is 16.8 Å². The van der Waals surface area contributed by atoms with Gasteiger partial charge in [-0.1, -0.05) is 24.3 Å². The first kappa shape index (κ1) is 20.2. The van der Waals surface area contributed by atoms with E-state index < -0.39 is 30.1 Å². The summed E-state index contributed by atoms with van der Waals surface area (Å²) in [5, 5.41) is 11.1. The van der Waals surface area contributed by atoms with Gasteiger partial charge in [0.15, 0.2) is 0 Å². The van der Waals surface area contributed by atoms with Crippen molar-refractivity contribution in [3.8, 4) is 5.75 Å². The number of carbonyl (C=O) groups is 1. The van der Waals surface area contributed by atoms with Crippen LogP contribution in [0, 0.1) is 17.0 Å². The van der Waals surface area contributed by atoms with E-state index in [4.69, 9.17) is 4.74 Å². The number of hydrogen-bond acceptors (Lipinski definition) is 4. The maximum absolute atomic E-state index is 13.0. The van der Waals surface area contributed by atoms with E-state index in [1.165, 1.54) is 43.5 Å². The van der Waals surface area contributed by atoms with E-state index in [9.17, 15) is 28.1 Å². The van der Waals surface area contributed by atoms with Crippen molar-refractivity contribution < 1.29 is 27.6 Å². The molecule has 0 aliphatic rings. The minimum atomic E-state index is -4.66. The fourth-order valence-corrected chi connectivity index (χ4v) is 2.58. The highest BCUT2D eigenvalue weighted by Crippen LogP contribution is 2.26. The number of benzene rings is 2. The molecule has 0 saturated heterocycles. The molecule has 27 heavy (non-hydrogen) atoms. The fraction of sp³-hybridized carbons (Fsp3) is 0.278. The van der Waals surface area contributed by atoms with Crippen molar-refractivity contribution in [3.05, 3.63) is 69.3 Å². The lowest BCUT2D eigenvalue weighted by Gasteiger charge is -2.24. The lowest BCUT2D eigenvalue weighted by Crippen LogP contribution is -2.38. The highest BCUT2D eigenvalue weighted by Gasteiger charge is 2.34. The van der Waals surface area contributed by atoms with E-state index in [1.807, 2.05) is 0 Å². The molecule has 0 fully saturated rings. The number of nitrogens with zero attached hydrogens (tertiary/aromatic N) is 2. The van der Waals surface area contributed by atoms with Crippen LogP contribution < -0.4 is 4.74 Å². The molecule has 6 nitrogen and oxygen atoms in total. The average molecular weight is 382 g/mol. The SMILES string of the molecule is COc1cc(C(=O)N(Cc2ccccc2[N+](=O)[O-])CC(F)(F)F)ccc1C. The predicted molar refractivity (Wildman–Crippen MR) is 91.6 cm³/mol. The Kier molecular flexibility index (Phi) is 6.04. The maximum atomic E-state index is 13.0. The summed E-state index contributed by atoms with van der Waals surface area (Å²) in [5.74, 6) is -0.540. The molecule has 0 unspecified atom stereocenters. The van der Waals surface area contributed by atoms with Gasteiger partial charge >= 0.3 is 6.18 Å². The number of nitro benzene ring substituents is 1. The van der Waals surface area contributed by atoms with Gasteiger partial charge in [-0.3, -0.25) is 14.9 Å². The summed E-state index contributed by atoms with van der Waals surface area (Å²) >= 11 is 0. The number of aryl methyl sites for hydroxylation is 1. The van der Waals surface area contributed by atoms with Crippen molar-refractivity contribution in [2.45, 2.75) is 19.6 Å². The molecule has 0 radical (unpaired) electrons. The first-order valence-electron chi connectivity index (χ1n) is 7.85. The third-order valence-electron chi connectivity index (χ3n) is 3.86. The lowest BCUT2D eigenvalue weighted by molar-refractivity contribution is -0.385. The lowest BCUT2D eigenvalue weighted by atomic mass is 10.1. The van der Waals surface area contributed by atoms with Crippen molar-refractivity contribution in [2.24, 2.45) is 0 Å². The largest absolute Gasteiger partial charge is 0.496 e. The molecule has 144 valence electrons. The molecule has 0 spiro atoms. The molecule has 0 aromatic heterocycles. The molecule has 9 heteroatoms. The minimum Gasteiger partial charge on any atom is -0.496 e. The standard InChI is InChI=1S/C18H17F3N2O4/c1-12-7-8-13(9-16(12)27-2)17(24)22(11-18(19,20)21)10-14-5-3-4-6-15(14)23(25)26/h3-9H,10-11H2,1-2H3. The Bertz CT molecular complexity index is 853. The Hall–Kier alpha value is -3.10. The molecule has 0 atom stereocenters. The molecule has 0 bridgehead atoms. The number of para-hydroxylation sites is 1. The predicted octanol–water partition coefficient (Wildman–Crippen LogP) is 4.12. The normalized spacial score (nSPS) is 11.1. The number of alkyl halides is 3. The van der Waals surface area contributed by atoms with Gasteiger partial charge in [-0.25, -0.2) is 0 Å². The van der Waals surface area contributed by atoms with Gasteiger partial charge in [0.2, 0.25) is 0 Å². The Labute approximate surface area is 153 Å². The monoisotopic (exact) mass is 382 g/mol. The molecule has 0 saturated carbocycles. The van der Waals surface area contributed by atoms with Crippen LogP contribution in [0.3, 0.4) is 0 Å². The Morgan fingerprint density at radius 2 is 1.89 bits per heavy atom. The van der Waals surface area contributed by atoms with Crippen LogP contribution in [0.5, 0.6) is 5.75 Å². The smallest absolute Gasteiger partial charge is 0.406 e. The van der Waals surface area contributed by atoms with Crippen LogP contribution in [0.2, 0.25) is 0 Å². The molecule has 2 aromatic carbocycles. The summed E-state index contributed by atoms with van der Waals surface area (Å²) in [4.78, 5) is 23.6. The number of ether oxygens (including phenoxy) is 1. The van der Waals surface area contributed by atoms with Gasteiger partial charge < -0.3 is 9.64 Å². The molecule has 2 rings (SSSR count). The van der Waals surface area contributed by atoms with E-state index in [0.29, 0.717) is 10.6 Å². The highest BCUT2D eigenvalue weighted by atomic mass is 19.4. The zero-order valence-corrected chi connectivity index (χ0v) is 14.6. The number of methoxy groups -OCH3 is 1. The van der Waals surface area contributed by atoms with Crippen molar-refractivity contribution in [1.82, 2.24) is 4.90 Å². The van der Waals surface area contributed by atoms with Gasteiger partial charge in [0, 0.05) is 17.2 Å². The van der Waals surface area contributed by atoms with Crippen LogP contribution in [-0.4, -0.2) is 35.6 Å². The first-order valence-corrected chi connectivity index (χ1v) is 7.85. The van der Waals surface area contributed by atoms with Gasteiger partial charge in [0.1, 0.15) is 12.3 Å². The number of nitro groups is 1. The minimum absolute atomic E-state index is 0.000263. The molecular weight excluding hydrogens is 365 g/mol. The van der Waals surface area contributed by atoms with E-state index in [0.717, 1.165) is 5.56 Å². The maximum Gasteiger partial charge on any atom is 0.406 e. The van der Waals surface area contributed by atoms with Crippen molar-refractivity contribution >= 4 is 11.6 Å². The van der Waals surface area contributed by atoms with Crippen LogP contribution in [-0.2, 0) is 6.54 Å². The third kappa shape index (κ3) is 5.19. The van der Waals surface area contributed by atoms with Crippen molar-refractivity contribution in [2.75, 3.05) is 13.7 Å². The van der Waals surface area contributed by atoms with Crippen LogP contribution >= 0.6 is 0 Å². The van der Waals surface area contributed by atoms with E-state index in [2.05, 4.69) is 0 Å². The van der Waals surface area contributed by atoms with Crippen molar-refractivity contribution in [3.63, 3.8) is 0 Å². The summed E-state index contributed by atoms with van der Waals surface area (Å²) < 4.78 is 44.1. The topological polar surface area (TPSA) is 72.7 Å². The Balaban J connectivity index is 2.40. The van der Waals surface area contributed by atoms with E-state index >= 15 is 0 Å². The third-order valence-corrected chi connectivity index (χ3v) is 3.86. The molecule has 1 amide bonds. The zero-order valence-electron chi connectivity index (χ0n) is 14.6. The van der Waals surface area contributed by atoms with E-state index in [1.54, 1.807) is 13.0 Å². The second kappa shape index (κ2) is 8.07. The van der Waals surface area contributed by atoms with Gasteiger partial charge in [0.05, 0.1) is 18.6 Å². The van der Waals surface area contributed by atoms with Gasteiger partial charge in [0.25, 0.3) is 11.6 Å². The summed E-state index contributed by atoms with van der Waals surface area (Å²) in [6, 6.07) is 9.67. The van der Waals surface area contributed by atoms with Crippen LogP contribution in [0.25, 0.3) is 0 Å². The summed E-state index contributed by atoms with van der Waals surface area (Å²) in [6.07, 6.45) is -4.66. The van der Waals surface area contributed by atoms with Gasteiger partial charge in [-0.05, 0) is 24.6 Å². The number of rotatable bonds is 6. The number of hydrogen-bond donors (Lipinski definition) is 0. The Morgan fingerprint density at radius 3 is 2.48 bits per heavy atom. The molecule has 2 aromatic rings. The number of amides is 1. The Morgan fingerprint density at radius 1 is 1.22 bits per heavy atom. The molecule has 0 aliphatic carbocycles. The van der Waals surface area contributed by atoms with Gasteiger partial charge in [-0.2, -0.15) is 13.2 Å². The van der Waals surface area contributed by atoms with Crippen LogP contribution in [0.4, 0.5) is 18.9 Å². The molecule has 0 aliphatic heterocycles. The summed E-state index contributed by atoms with van der Waals surface area (Å²) in [7, 11) is 1.39. The van der Waals surface area contributed by atoms with Crippen LogP contribution in [0.1, 0.15) is 21.5 Å². The zero-order chi connectivity index (χ0) is 20.2. The fourth-order valence-electron chi connectivity index (χ4n) is 2.58. The number of carbonyl (C=O) groups excluding carboxylic acids is 1. The average Bonchev–Trinajstić information content (AvgIpc) is 2.60. The second-order valence-corrected chi connectivity index (χ2v) is 5.85. The second-order valence-electron chi connectivity index (χ2n) is 5.85. The van der Waals surface area contributed by atoms with Gasteiger partial charge in [-0.15, -0.1) is 0 Å². The first-order chi connectivity index (χ1) is 12.6.